The maximum Gasteiger partial charge on any atom is 0.472 e. The van der Waals surface area contributed by atoms with Gasteiger partial charge in [-0.2, -0.15) is 0 Å². The normalized spacial score (nSPS) is 12.7. The van der Waals surface area contributed by atoms with E-state index in [1.807, 2.05) is 0 Å². The van der Waals surface area contributed by atoms with Crippen molar-refractivity contribution in [2.45, 2.75) is 476 Å². The molecule has 0 aromatic carbocycles. The molecule has 0 aromatic heterocycles. The fraction of sp³-hybridized carbons (Fsp3) is 0.975. The zero-order valence-electron chi connectivity index (χ0n) is 60.9. The van der Waals surface area contributed by atoms with Crippen molar-refractivity contribution < 1.29 is 37.6 Å². The van der Waals surface area contributed by atoms with Gasteiger partial charge < -0.3 is 20.1 Å². The van der Waals surface area contributed by atoms with E-state index in [-0.39, 0.29) is 32.1 Å². The third-order valence-corrected chi connectivity index (χ3v) is 20.2. The predicted molar refractivity (Wildman–Crippen MR) is 391 cm³/mol. The van der Waals surface area contributed by atoms with Crippen LogP contribution in [0, 0.1) is 0 Å². The van der Waals surface area contributed by atoms with Gasteiger partial charge >= 0.3 is 19.8 Å². The predicted octanol–water partition coefficient (Wildman–Crippen LogP) is 27.3. The summed E-state index contributed by atoms with van der Waals surface area (Å²) in [5, 5.41) is 0. The quantitative estimate of drug-likeness (QED) is 0.0347. The summed E-state index contributed by atoms with van der Waals surface area (Å²) in [5.74, 6) is -0.794. The second-order valence-corrected chi connectivity index (χ2v) is 29.8. The first kappa shape index (κ1) is 89.0. The number of carbonyl (C=O) groups is 2. The summed E-state index contributed by atoms with van der Waals surface area (Å²) in [7, 11) is -4.39. The molecule has 3 N–H and O–H groups in total. The van der Waals surface area contributed by atoms with Crippen molar-refractivity contribution in [2.24, 2.45) is 5.73 Å². The first-order valence-corrected chi connectivity index (χ1v) is 42.5. The number of hydrogen-bond acceptors (Lipinski definition) is 8. The molecule has 90 heavy (non-hydrogen) atoms. The Morgan fingerprint density at radius 3 is 0.678 bits per heavy atom. The molecular weight excluding hydrogens is 1130 g/mol. The van der Waals surface area contributed by atoms with E-state index in [4.69, 9.17) is 24.3 Å². The fourth-order valence-corrected chi connectivity index (χ4v) is 13.9. The molecule has 2 atom stereocenters. The fourth-order valence-electron chi connectivity index (χ4n) is 13.2. The second kappa shape index (κ2) is 77.0. The maximum atomic E-state index is 12.8. The Kier molecular flexibility index (Phi) is 76.2. The Labute approximate surface area is 562 Å². The van der Waals surface area contributed by atoms with Crippen LogP contribution in [0.15, 0.2) is 0 Å². The lowest BCUT2D eigenvalue weighted by Gasteiger charge is -2.19. The second-order valence-electron chi connectivity index (χ2n) is 28.4. The van der Waals surface area contributed by atoms with Crippen molar-refractivity contribution in [3.8, 4) is 0 Å². The van der Waals surface area contributed by atoms with Crippen molar-refractivity contribution in [1.29, 1.82) is 0 Å². The summed E-state index contributed by atoms with van der Waals surface area (Å²) >= 11 is 0. The van der Waals surface area contributed by atoms with Gasteiger partial charge in [-0.15, -0.1) is 0 Å². The molecule has 0 saturated carbocycles. The summed E-state index contributed by atoms with van der Waals surface area (Å²) in [4.78, 5) is 35.5. The van der Waals surface area contributed by atoms with Crippen molar-refractivity contribution in [1.82, 2.24) is 0 Å². The molecule has 0 spiro atoms. The molecule has 0 heterocycles. The zero-order valence-corrected chi connectivity index (χ0v) is 61.8. The van der Waals surface area contributed by atoms with Crippen LogP contribution in [-0.2, 0) is 32.7 Å². The van der Waals surface area contributed by atoms with Gasteiger partial charge in [0, 0.05) is 19.4 Å². The molecule has 0 radical (unpaired) electrons. The van der Waals surface area contributed by atoms with E-state index in [0.717, 1.165) is 32.1 Å². The minimum Gasteiger partial charge on any atom is -0.462 e. The molecule has 2 unspecified atom stereocenters. The van der Waals surface area contributed by atoms with Crippen molar-refractivity contribution in [3.63, 3.8) is 0 Å². The average molecular weight is 1300 g/mol. The highest BCUT2D eigenvalue weighted by Gasteiger charge is 2.26. The molecular formula is C80H160NO8P. The molecule has 0 aliphatic rings. The van der Waals surface area contributed by atoms with Crippen LogP contribution in [0.2, 0.25) is 0 Å². The number of rotatable bonds is 80. The number of nitrogens with two attached hydrogens (primary N) is 1. The SMILES string of the molecule is CCCCCCCCCCCCCCCCCCCCCCCCCCCCCCCCCCCCCCCCC(=O)OC(COC(=O)CCCCCCCCCCCCCCCCCCCCCCCCCCCCCCCCC)COP(=O)(O)OCCN. The van der Waals surface area contributed by atoms with Crippen molar-refractivity contribution in [3.05, 3.63) is 0 Å². The van der Waals surface area contributed by atoms with Crippen molar-refractivity contribution >= 4 is 19.8 Å². The first-order valence-electron chi connectivity index (χ1n) is 41.0. The molecule has 0 bridgehead atoms. The van der Waals surface area contributed by atoms with Crippen molar-refractivity contribution in [2.75, 3.05) is 26.4 Å². The van der Waals surface area contributed by atoms with Gasteiger partial charge in [-0.05, 0) is 12.8 Å². The van der Waals surface area contributed by atoms with Crippen LogP contribution in [0.4, 0.5) is 0 Å². The Morgan fingerprint density at radius 2 is 0.478 bits per heavy atom. The summed E-state index contributed by atoms with van der Waals surface area (Å²) in [6.45, 7) is 3.86. The topological polar surface area (TPSA) is 134 Å². The van der Waals surface area contributed by atoms with Crippen LogP contribution in [0.5, 0.6) is 0 Å². The monoisotopic (exact) mass is 1290 g/mol. The van der Waals surface area contributed by atoms with Crippen LogP contribution < -0.4 is 5.73 Å². The number of unbranched alkanes of at least 4 members (excludes halogenated alkanes) is 67. The highest BCUT2D eigenvalue weighted by Crippen LogP contribution is 2.43. The summed E-state index contributed by atoms with van der Waals surface area (Å²) in [6, 6.07) is 0. The third kappa shape index (κ3) is 76.0. The minimum absolute atomic E-state index is 0.0590. The maximum absolute atomic E-state index is 12.8. The number of phosphoric acid groups is 1. The summed E-state index contributed by atoms with van der Waals surface area (Å²) < 4.78 is 33.3. The summed E-state index contributed by atoms with van der Waals surface area (Å²) in [5.41, 5.74) is 5.42. The van der Waals surface area contributed by atoms with Crippen LogP contribution >= 0.6 is 7.82 Å². The molecule has 0 fully saturated rings. The van der Waals surface area contributed by atoms with E-state index in [9.17, 15) is 19.0 Å². The van der Waals surface area contributed by atoms with Gasteiger partial charge in [0.1, 0.15) is 6.61 Å². The van der Waals surface area contributed by atoms with E-state index < -0.39 is 26.5 Å². The molecule has 0 rings (SSSR count). The number of phosphoric ester groups is 1. The number of ether oxygens (including phenoxy) is 2. The van der Waals surface area contributed by atoms with Crippen LogP contribution in [0.3, 0.4) is 0 Å². The lowest BCUT2D eigenvalue weighted by molar-refractivity contribution is -0.161. The van der Waals surface area contributed by atoms with Gasteiger partial charge in [0.15, 0.2) is 6.10 Å². The number of hydrogen-bond donors (Lipinski definition) is 2. The van der Waals surface area contributed by atoms with Gasteiger partial charge in [-0.3, -0.25) is 18.6 Å². The highest BCUT2D eigenvalue weighted by molar-refractivity contribution is 7.47. The van der Waals surface area contributed by atoms with E-state index in [1.54, 1.807) is 0 Å². The van der Waals surface area contributed by atoms with E-state index in [2.05, 4.69) is 13.8 Å². The Balaban J connectivity index is 3.71. The largest absolute Gasteiger partial charge is 0.472 e. The lowest BCUT2D eigenvalue weighted by Crippen LogP contribution is -2.29. The van der Waals surface area contributed by atoms with Crippen LogP contribution in [-0.4, -0.2) is 49.3 Å². The molecule has 9 nitrogen and oxygen atoms in total. The van der Waals surface area contributed by atoms with Gasteiger partial charge in [0.2, 0.25) is 0 Å². The van der Waals surface area contributed by atoms with Gasteiger partial charge in [0.05, 0.1) is 13.2 Å². The molecule has 0 aromatic rings. The van der Waals surface area contributed by atoms with Gasteiger partial charge in [-0.25, -0.2) is 4.57 Å². The molecule has 538 valence electrons. The number of carbonyl (C=O) groups excluding carboxylic acids is 2. The smallest absolute Gasteiger partial charge is 0.462 e. The lowest BCUT2D eigenvalue weighted by atomic mass is 10.0. The first-order chi connectivity index (χ1) is 44.3. The molecule has 10 heteroatoms. The van der Waals surface area contributed by atoms with Crippen LogP contribution in [0.1, 0.15) is 470 Å². The summed E-state index contributed by atoms with van der Waals surface area (Å²) in [6.07, 6.45) is 94.1. The minimum atomic E-state index is -4.39. The molecule has 0 aliphatic carbocycles. The van der Waals surface area contributed by atoms with E-state index >= 15 is 0 Å². The van der Waals surface area contributed by atoms with Gasteiger partial charge in [-0.1, -0.05) is 444 Å². The third-order valence-electron chi connectivity index (χ3n) is 19.2. The molecule has 0 saturated heterocycles. The Hall–Kier alpha value is -0.990. The van der Waals surface area contributed by atoms with E-state index in [0.29, 0.717) is 12.8 Å². The van der Waals surface area contributed by atoms with E-state index in [1.165, 1.54) is 405 Å². The average Bonchev–Trinajstić information content (AvgIpc) is 3.71. The molecule has 0 amide bonds. The van der Waals surface area contributed by atoms with Gasteiger partial charge in [0.25, 0.3) is 0 Å². The Morgan fingerprint density at radius 1 is 0.289 bits per heavy atom. The standard InChI is InChI=1S/C80H160NO8P/c1-3-5-7-9-11-13-15-17-19-21-23-25-27-29-31-33-35-36-37-38-39-40-41-43-45-47-49-51-53-55-57-59-61-63-65-67-69-71-73-80(83)89-78(77-88-90(84,85)87-75-74-81)76-86-79(82)72-70-68-66-64-62-60-58-56-54-52-50-48-46-44-42-34-32-30-28-26-24-22-20-18-16-14-12-10-8-6-4-2/h78H,3-77,81H2,1-2H3,(H,84,85). The Bertz CT molecular complexity index is 1430. The zero-order chi connectivity index (χ0) is 65.1. The van der Waals surface area contributed by atoms with Crippen LogP contribution in [0.25, 0.3) is 0 Å². The number of esters is 2. The highest BCUT2D eigenvalue weighted by atomic mass is 31.2. The molecule has 0 aliphatic heterocycles.